The van der Waals surface area contributed by atoms with Gasteiger partial charge in [0.2, 0.25) is 11.8 Å². The van der Waals surface area contributed by atoms with E-state index in [0.717, 1.165) is 62.9 Å². The first kappa shape index (κ1) is 49.4. The normalized spacial score (nSPS) is 16.7. The summed E-state index contributed by atoms with van der Waals surface area (Å²) in [7, 11) is 0. The fourth-order valence-corrected chi connectivity index (χ4v) is 8.54. The van der Waals surface area contributed by atoms with E-state index < -0.39 is 47.2 Å². The number of aromatic nitrogens is 6. The van der Waals surface area contributed by atoms with Gasteiger partial charge >= 0.3 is 5.97 Å². The minimum Gasteiger partial charge on any atom is -0.463 e. The van der Waals surface area contributed by atoms with Gasteiger partial charge in [0, 0.05) is 103 Å². The Kier molecular flexibility index (Phi) is 15.7. The molecular weight excluding hydrogens is 928 g/mol. The van der Waals surface area contributed by atoms with Crippen molar-refractivity contribution in [3.8, 4) is 11.6 Å². The van der Waals surface area contributed by atoms with E-state index in [1.807, 2.05) is 14.5 Å². The molecule has 3 aliphatic heterocycles. The summed E-state index contributed by atoms with van der Waals surface area (Å²) in [5.74, 6) is -3.12. The van der Waals surface area contributed by atoms with Crippen molar-refractivity contribution in [1.29, 1.82) is 0 Å². The Labute approximate surface area is 398 Å². The van der Waals surface area contributed by atoms with Crippen LogP contribution >= 0.6 is 0 Å². The predicted molar refractivity (Wildman–Crippen MR) is 249 cm³/mol. The number of alkyl halides is 1. The third kappa shape index (κ3) is 11.4. The van der Waals surface area contributed by atoms with E-state index >= 15 is 0 Å². The second-order valence-electron chi connectivity index (χ2n) is 16.7. The number of rotatable bonds is 10. The number of carbonyl (C=O) groups excluding carboxylic acids is 1. The Morgan fingerprint density at radius 3 is 1.76 bits per heavy atom. The first-order chi connectivity index (χ1) is 33.8. The van der Waals surface area contributed by atoms with E-state index in [4.69, 9.17) is 10.2 Å². The zero-order chi connectivity index (χ0) is 49.5. The third-order valence-corrected chi connectivity index (χ3v) is 12.2. The van der Waals surface area contributed by atoms with Crippen LogP contribution in [0.2, 0.25) is 0 Å². The molecule has 3 aromatic carbocycles. The first-order valence-electron chi connectivity index (χ1n) is 22.8. The summed E-state index contributed by atoms with van der Waals surface area (Å²) in [4.78, 5) is 29.7. The van der Waals surface area contributed by atoms with Gasteiger partial charge in [0.05, 0.1) is 48.1 Å². The number of ether oxygens (including phenoxy) is 1. The molecule has 0 bridgehead atoms. The van der Waals surface area contributed by atoms with E-state index in [-0.39, 0.29) is 37.4 Å². The summed E-state index contributed by atoms with van der Waals surface area (Å²) < 4.78 is 107. The first-order valence-corrected chi connectivity index (χ1v) is 22.8. The topological polar surface area (TPSA) is 155 Å². The Morgan fingerprint density at radius 1 is 0.729 bits per heavy atom. The Bertz CT molecular complexity index is 2860. The van der Waals surface area contributed by atoms with Gasteiger partial charge in [0.15, 0.2) is 17.1 Å². The zero-order valence-electron chi connectivity index (χ0n) is 38.4. The van der Waals surface area contributed by atoms with Crippen molar-refractivity contribution >= 4 is 45.7 Å². The van der Waals surface area contributed by atoms with Crippen LogP contribution in [-0.4, -0.2) is 143 Å². The highest BCUT2D eigenvalue weighted by molar-refractivity contribution is 5.90. The molecule has 16 nitrogen and oxygen atoms in total. The van der Waals surface area contributed by atoms with E-state index in [1.54, 1.807) is 36.4 Å². The van der Waals surface area contributed by atoms with E-state index in [2.05, 4.69) is 42.0 Å². The minimum absolute atomic E-state index is 0.125. The second kappa shape index (κ2) is 22.2. The Balaban J connectivity index is 0.000000159. The van der Waals surface area contributed by atoms with Gasteiger partial charge in [-0.1, -0.05) is 0 Å². The van der Waals surface area contributed by atoms with Gasteiger partial charge in [0.1, 0.15) is 34.9 Å². The molecule has 3 N–H and O–H groups in total. The average Bonchev–Trinajstić information content (AvgIpc) is 4.14. The fraction of sp³-hybridized carbons (Fsp3) is 0.383. The number of hydrogen-bond acceptors (Lipinski definition) is 14. The van der Waals surface area contributed by atoms with Crippen LogP contribution in [0.15, 0.2) is 83.6 Å². The molecule has 0 spiro atoms. The van der Waals surface area contributed by atoms with Crippen LogP contribution in [0, 0.1) is 34.9 Å². The molecular formula is C47H52F7N13O3. The van der Waals surface area contributed by atoms with Crippen molar-refractivity contribution in [2.45, 2.75) is 32.7 Å². The van der Waals surface area contributed by atoms with Crippen LogP contribution in [0.25, 0.3) is 28.3 Å². The number of fused-ring (bicyclic) bond motifs is 3. The Hall–Kier alpha value is -6.98. The summed E-state index contributed by atoms with van der Waals surface area (Å²) in [5, 5.41) is 12.9. The van der Waals surface area contributed by atoms with Gasteiger partial charge in [-0.3, -0.25) is 9.80 Å². The van der Waals surface area contributed by atoms with Gasteiger partial charge in [-0.25, -0.2) is 45.2 Å². The molecule has 0 aliphatic carbocycles. The van der Waals surface area contributed by atoms with Crippen molar-refractivity contribution in [3.05, 3.63) is 114 Å². The maximum absolute atomic E-state index is 14.2. The largest absolute Gasteiger partial charge is 0.463 e. The molecule has 23 heteroatoms. The lowest BCUT2D eigenvalue weighted by molar-refractivity contribution is -0.157. The highest BCUT2D eigenvalue weighted by Gasteiger charge is 2.31. The molecule has 372 valence electrons. The number of hydrogen-bond donors (Lipinski definition) is 2. The number of nitrogens with two attached hydrogens (primary N) is 1. The molecule has 7 aromatic rings. The van der Waals surface area contributed by atoms with Crippen LogP contribution in [-0.2, 0) is 16.1 Å². The molecule has 0 radical (unpaired) electrons. The SMILES string of the molecule is CC(Cn1ncc2c1nc(N)n1nc(-c3ccco3)nc21)N1CCN(c2ccc(F)cc2F)CC1.CCOC(=O)C(F)N1CCN(c2ccc(F)cc2F)CC1.Fc1ccc(N2CCNCC2)c(F)c1. The molecule has 2 atom stereocenters. The Morgan fingerprint density at radius 2 is 1.26 bits per heavy atom. The number of esters is 1. The van der Waals surface area contributed by atoms with Crippen LogP contribution in [0.4, 0.5) is 53.7 Å². The van der Waals surface area contributed by atoms with E-state index in [1.165, 1.54) is 45.8 Å². The molecule has 0 amide bonds. The van der Waals surface area contributed by atoms with Crippen LogP contribution in [0.5, 0.6) is 0 Å². The number of carbonyl (C=O) groups is 1. The summed E-state index contributed by atoms with van der Waals surface area (Å²) in [6, 6.07) is 14.5. The molecule has 70 heavy (non-hydrogen) atoms. The van der Waals surface area contributed by atoms with Crippen molar-refractivity contribution < 1.29 is 44.7 Å². The molecule has 3 saturated heterocycles. The lowest BCUT2D eigenvalue weighted by atomic mass is 10.2. The second-order valence-corrected chi connectivity index (χ2v) is 16.7. The molecule has 2 unspecified atom stereocenters. The number of furan rings is 1. The van der Waals surface area contributed by atoms with Crippen molar-refractivity contribution in [3.63, 3.8) is 0 Å². The molecule has 10 rings (SSSR count). The number of nitrogens with one attached hydrogen (secondary N) is 1. The number of nitrogen functional groups attached to an aromatic ring is 1. The van der Waals surface area contributed by atoms with Crippen molar-refractivity contribution in [2.24, 2.45) is 0 Å². The third-order valence-electron chi connectivity index (χ3n) is 12.2. The fourth-order valence-electron chi connectivity index (χ4n) is 8.54. The number of benzene rings is 3. The maximum Gasteiger partial charge on any atom is 0.356 e. The molecule has 3 fully saturated rings. The molecule has 4 aromatic heterocycles. The van der Waals surface area contributed by atoms with Crippen LogP contribution in [0.1, 0.15) is 13.8 Å². The van der Waals surface area contributed by atoms with Crippen molar-refractivity contribution in [2.75, 3.05) is 106 Å². The summed E-state index contributed by atoms with van der Waals surface area (Å²) >= 11 is 0. The molecule has 7 heterocycles. The highest BCUT2D eigenvalue weighted by atomic mass is 19.2. The molecule has 0 saturated carbocycles. The van der Waals surface area contributed by atoms with Gasteiger partial charge in [-0.2, -0.15) is 14.6 Å². The summed E-state index contributed by atoms with van der Waals surface area (Å²) in [6.07, 6.45) is 1.48. The maximum atomic E-state index is 14.2. The lowest BCUT2D eigenvalue weighted by Gasteiger charge is -2.39. The van der Waals surface area contributed by atoms with Gasteiger partial charge < -0.3 is 34.9 Å². The van der Waals surface area contributed by atoms with Crippen LogP contribution in [0.3, 0.4) is 0 Å². The van der Waals surface area contributed by atoms with Crippen LogP contribution < -0.4 is 25.8 Å². The van der Waals surface area contributed by atoms with E-state index in [0.29, 0.717) is 67.0 Å². The number of halogens is 7. The highest BCUT2D eigenvalue weighted by Crippen LogP contribution is 2.27. The summed E-state index contributed by atoms with van der Waals surface area (Å²) in [5.41, 5.74) is 8.59. The van der Waals surface area contributed by atoms with Gasteiger partial charge in [-0.05, 0) is 62.4 Å². The lowest BCUT2D eigenvalue weighted by Crippen LogP contribution is -2.51. The van der Waals surface area contributed by atoms with Crippen molar-refractivity contribution in [1.82, 2.24) is 44.5 Å². The summed E-state index contributed by atoms with van der Waals surface area (Å²) in [6.45, 7) is 11.7. The standard InChI is InChI=1S/C23H23F2N9O.C14H17F3N2O2.C10H12F2N2/c1-14(31-6-8-32(9-7-31)18-5-4-15(24)11-17(18)25)13-33-21-16(12-27-33)22-28-20(19-3-2-10-35-19)30-34(22)23(26)29-21;1-2-21-14(20)13(17)19-7-5-18(6-8-19)12-4-3-10(15)9-11(12)16;11-8-1-2-10(9(12)7-8)14-5-3-13-4-6-14/h2-5,10-12,14H,6-9,13H2,1H3,(H2,26,29);3-4,9,13H,2,5-8H2,1H3;1-2,7,13H,3-6H2. The van der Waals surface area contributed by atoms with E-state index in [9.17, 15) is 35.5 Å². The zero-order valence-corrected chi connectivity index (χ0v) is 38.4. The number of anilines is 4. The molecule has 3 aliphatic rings. The monoisotopic (exact) mass is 979 g/mol. The predicted octanol–water partition coefficient (Wildman–Crippen LogP) is 6.13. The number of piperazine rings is 3. The van der Waals surface area contributed by atoms with Gasteiger partial charge in [-0.15, -0.1) is 5.10 Å². The number of nitrogens with zero attached hydrogens (tertiary/aromatic N) is 11. The minimum atomic E-state index is -1.80. The van der Waals surface area contributed by atoms with Gasteiger partial charge in [0.25, 0.3) is 6.30 Å². The smallest absolute Gasteiger partial charge is 0.356 e. The average molecular weight is 980 g/mol. The quantitative estimate of drug-likeness (QED) is 0.0919.